The number of carbonyl (C=O) groups is 1. The number of esters is 1. The Bertz CT molecular complexity index is 1230. The molecule has 0 spiro atoms. The number of hydrogen-bond donors (Lipinski definition) is 0. The van der Waals surface area contributed by atoms with E-state index in [1.165, 1.54) is 19.2 Å². The van der Waals surface area contributed by atoms with Crippen LogP contribution in [-0.4, -0.2) is 22.9 Å². The van der Waals surface area contributed by atoms with Gasteiger partial charge in [0.05, 0.1) is 30.4 Å². The number of methoxy groups -OCH3 is 1. The number of hydrogen-bond acceptors (Lipinski definition) is 3. The zero-order chi connectivity index (χ0) is 21.1. The van der Waals surface area contributed by atoms with Gasteiger partial charge in [-0.3, -0.25) is 4.68 Å². The van der Waals surface area contributed by atoms with Gasteiger partial charge in [0, 0.05) is 10.4 Å². The van der Waals surface area contributed by atoms with Crippen LogP contribution in [0.25, 0.3) is 23.1 Å². The molecule has 150 valence electrons. The normalized spacial score (nSPS) is 11.3. The molecule has 0 fully saturated rings. The van der Waals surface area contributed by atoms with Gasteiger partial charge >= 0.3 is 5.97 Å². The lowest BCUT2D eigenvalue weighted by Gasteiger charge is -2.04. The molecule has 0 amide bonds. The summed E-state index contributed by atoms with van der Waals surface area (Å²) < 4.78 is 19.8. The minimum atomic E-state index is -0.368. The molecule has 0 aliphatic carbocycles. The number of nitrogens with zero attached hydrogens (tertiary/aromatic N) is 2. The molecule has 4 aromatic rings. The van der Waals surface area contributed by atoms with Crippen LogP contribution >= 0.6 is 11.6 Å². The smallest absolute Gasteiger partial charge is 0.337 e. The van der Waals surface area contributed by atoms with Crippen LogP contribution in [0.1, 0.15) is 27.2 Å². The van der Waals surface area contributed by atoms with Gasteiger partial charge in [-0.15, -0.1) is 0 Å². The van der Waals surface area contributed by atoms with Crippen molar-refractivity contribution in [2.24, 2.45) is 0 Å². The molecular weight excluding hydrogens is 403 g/mol. The molecule has 0 radical (unpaired) electrons. The van der Waals surface area contributed by atoms with E-state index in [1.54, 1.807) is 24.3 Å². The Morgan fingerprint density at radius 2 is 1.80 bits per heavy atom. The first kappa shape index (κ1) is 19.9. The van der Waals surface area contributed by atoms with Crippen LogP contribution < -0.4 is 0 Å². The summed E-state index contributed by atoms with van der Waals surface area (Å²) in [7, 11) is 1.36. The molecule has 0 aliphatic rings. The van der Waals surface area contributed by atoms with E-state index in [-0.39, 0.29) is 11.8 Å². The quantitative estimate of drug-likeness (QED) is 0.381. The molecule has 0 bridgehead atoms. The number of fused-ring (bicyclic) bond motifs is 1. The molecule has 30 heavy (non-hydrogen) atoms. The highest BCUT2D eigenvalue weighted by molar-refractivity contribution is 6.31. The summed E-state index contributed by atoms with van der Waals surface area (Å²) in [6.07, 6.45) is 3.85. The number of benzene rings is 3. The third kappa shape index (κ3) is 4.26. The van der Waals surface area contributed by atoms with Crippen LogP contribution in [0.3, 0.4) is 0 Å². The standard InChI is InChI=1S/C24H18ClFN2O2/c1-30-24(29)18-7-2-16(3-8-18)6-13-22-21-12-9-19(25)14-23(21)28(27-22)15-17-4-10-20(26)11-5-17/h2-14H,15H2,1H3. The Morgan fingerprint density at radius 3 is 2.50 bits per heavy atom. The van der Waals surface area contributed by atoms with E-state index < -0.39 is 0 Å². The highest BCUT2D eigenvalue weighted by atomic mass is 35.5. The molecule has 0 atom stereocenters. The number of halogens is 2. The summed E-state index contributed by atoms with van der Waals surface area (Å²) in [5.74, 6) is -0.637. The predicted molar refractivity (Wildman–Crippen MR) is 117 cm³/mol. The van der Waals surface area contributed by atoms with Gasteiger partial charge in [-0.25, -0.2) is 9.18 Å². The van der Waals surface area contributed by atoms with Gasteiger partial charge in [-0.2, -0.15) is 5.10 Å². The van der Waals surface area contributed by atoms with Crippen LogP contribution in [0.2, 0.25) is 5.02 Å². The fourth-order valence-electron chi connectivity index (χ4n) is 3.20. The minimum absolute atomic E-state index is 0.269. The van der Waals surface area contributed by atoms with E-state index in [0.717, 1.165) is 27.7 Å². The van der Waals surface area contributed by atoms with E-state index in [1.807, 2.05) is 47.2 Å². The zero-order valence-electron chi connectivity index (χ0n) is 16.2. The summed E-state index contributed by atoms with van der Waals surface area (Å²) in [6.45, 7) is 0.499. The Morgan fingerprint density at radius 1 is 1.07 bits per heavy atom. The van der Waals surface area contributed by atoms with E-state index in [9.17, 15) is 9.18 Å². The van der Waals surface area contributed by atoms with Gasteiger partial charge in [0.25, 0.3) is 0 Å². The van der Waals surface area contributed by atoms with Crippen molar-refractivity contribution in [2.45, 2.75) is 6.54 Å². The maximum Gasteiger partial charge on any atom is 0.337 e. The van der Waals surface area contributed by atoms with Crippen molar-refractivity contribution in [3.05, 3.63) is 100.0 Å². The molecule has 6 heteroatoms. The maximum absolute atomic E-state index is 13.2. The van der Waals surface area contributed by atoms with Crippen molar-refractivity contribution in [1.82, 2.24) is 9.78 Å². The molecule has 1 aromatic heterocycles. The monoisotopic (exact) mass is 420 g/mol. The molecule has 0 unspecified atom stereocenters. The summed E-state index contributed by atoms with van der Waals surface area (Å²) in [5.41, 5.74) is 4.05. The lowest BCUT2D eigenvalue weighted by Crippen LogP contribution is -2.01. The number of ether oxygens (including phenoxy) is 1. The fourth-order valence-corrected chi connectivity index (χ4v) is 3.37. The Kier molecular flexibility index (Phi) is 5.63. The van der Waals surface area contributed by atoms with E-state index in [2.05, 4.69) is 0 Å². The molecule has 3 aromatic carbocycles. The first-order valence-corrected chi connectivity index (χ1v) is 9.68. The van der Waals surface area contributed by atoms with Crippen molar-refractivity contribution in [3.63, 3.8) is 0 Å². The zero-order valence-corrected chi connectivity index (χ0v) is 16.9. The second-order valence-electron chi connectivity index (χ2n) is 6.78. The number of aromatic nitrogens is 2. The minimum Gasteiger partial charge on any atom is -0.465 e. The van der Waals surface area contributed by atoms with Gasteiger partial charge in [0.1, 0.15) is 5.82 Å². The van der Waals surface area contributed by atoms with Gasteiger partial charge in [-0.1, -0.05) is 41.9 Å². The third-order valence-electron chi connectivity index (χ3n) is 4.75. The Hall–Kier alpha value is -3.44. The first-order chi connectivity index (χ1) is 14.5. The van der Waals surface area contributed by atoms with Gasteiger partial charge in [0.2, 0.25) is 0 Å². The van der Waals surface area contributed by atoms with Crippen LogP contribution in [0, 0.1) is 5.82 Å². The van der Waals surface area contributed by atoms with Crippen LogP contribution in [0.5, 0.6) is 0 Å². The van der Waals surface area contributed by atoms with Crippen molar-refractivity contribution in [1.29, 1.82) is 0 Å². The second kappa shape index (κ2) is 8.51. The van der Waals surface area contributed by atoms with Crippen LogP contribution in [0.15, 0.2) is 66.7 Å². The van der Waals surface area contributed by atoms with E-state index in [0.29, 0.717) is 17.1 Å². The molecule has 0 N–H and O–H groups in total. The number of rotatable bonds is 5. The SMILES string of the molecule is COC(=O)c1ccc(C=Cc2nn(Cc3ccc(F)cc3)c3cc(Cl)ccc23)cc1. The van der Waals surface area contributed by atoms with Gasteiger partial charge in [0.15, 0.2) is 0 Å². The van der Waals surface area contributed by atoms with Crippen molar-refractivity contribution >= 4 is 40.6 Å². The van der Waals surface area contributed by atoms with E-state index in [4.69, 9.17) is 21.4 Å². The largest absolute Gasteiger partial charge is 0.465 e. The molecule has 4 rings (SSSR count). The predicted octanol–water partition coefficient (Wildman–Crippen LogP) is 5.83. The maximum atomic E-state index is 13.2. The molecule has 4 nitrogen and oxygen atoms in total. The summed E-state index contributed by atoms with van der Waals surface area (Å²) in [6, 6.07) is 19.1. The van der Waals surface area contributed by atoms with Crippen molar-refractivity contribution in [2.75, 3.05) is 7.11 Å². The van der Waals surface area contributed by atoms with Gasteiger partial charge in [-0.05, 0) is 59.7 Å². The summed E-state index contributed by atoms with van der Waals surface area (Å²) >= 11 is 6.20. The van der Waals surface area contributed by atoms with Gasteiger partial charge < -0.3 is 4.74 Å². The summed E-state index contributed by atoms with van der Waals surface area (Å²) in [5, 5.41) is 6.31. The van der Waals surface area contributed by atoms with Crippen molar-refractivity contribution in [3.8, 4) is 0 Å². The topological polar surface area (TPSA) is 44.1 Å². The molecule has 1 heterocycles. The van der Waals surface area contributed by atoms with Crippen LogP contribution in [-0.2, 0) is 11.3 Å². The molecule has 0 saturated carbocycles. The first-order valence-electron chi connectivity index (χ1n) is 9.30. The number of carbonyl (C=O) groups excluding carboxylic acids is 1. The average Bonchev–Trinajstić information content (AvgIpc) is 3.10. The second-order valence-corrected chi connectivity index (χ2v) is 7.21. The lowest BCUT2D eigenvalue weighted by atomic mass is 10.1. The van der Waals surface area contributed by atoms with Crippen molar-refractivity contribution < 1.29 is 13.9 Å². The fraction of sp³-hybridized carbons (Fsp3) is 0.0833. The third-order valence-corrected chi connectivity index (χ3v) is 4.99. The molecular formula is C24H18ClFN2O2. The highest BCUT2D eigenvalue weighted by Gasteiger charge is 2.10. The summed E-state index contributed by atoms with van der Waals surface area (Å²) in [4.78, 5) is 11.6. The van der Waals surface area contributed by atoms with Crippen LogP contribution in [0.4, 0.5) is 4.39 Å². The average molecular weight is 421 g/mol. The van der Waals surface area contributed by atoms with E-state index >= 15 is 0 Å². The lowest BCUT2D eigenvalue weighted by molar-refractivity contribution is 0.0600. The molecule has 0 saturated heterocycles. The Labute approximate surface area is 178 Å². The molecule has 0 aliphatic heterocycles. The Balaban J connectivity index is 1.66. The highest BCUT2D eigenvalue weighted by Crippen LogP contribution is 2.25.